The Hall–Kier alpha value is -3.25. The summed E-state index contributed by atoms with van der Waals surface area (Å²) in [7, 11) is 0. The van der Waals surface area contributed by atoms with Gasteiger partial charge in [0.15, 0.2) is 0 Å². The van der Waals surface area contributed by atoms with E-state index in [-0.39, 0.29) is 5.91 Å². The van der Waals surface area contributed by atoms with E-state index in [9.17, 15) is 4.79 Å². The molecule has 28 heavy (non-hydrogen) atoms. The number of rotatable bonds is 5. The monoisotopic (exact) mass is 373 g/mol. The number of nitrogens with zero attached hydrogens (tertiary/aromatic N) is 4. The van der Waals surface area contributed by atoms with Crippen molar-refractivity contribution in [2.75, 3.05) is 36.4 Å². The molecule has 0 aliphatic carbocycles. The number of amides is 1. The van der Waals surface area contributed by atoms with E-state index in [1.54, 1.807) is 30.7 Å². The molecule has 3 aromatic rings. The molecular formula is C22H23N5O. The zero-order valence-electron chi connectivity index (χ0n) is 15.7. The van der Waals surface area contributed by atoms with Crippen molar-refractivity contribution in [3.05, 3.63) is 84.3 Å². The third kappa shape index (κ3) is 4.53. The molecular weight excluding hydrogens is 350 g/mol. The molecule has 3 heterocycles. The summed E-state index contributed by atoms with van der Waals surface area (Å²) in [5.74, 6) is 0.760. The fraction of sp³-hybridized carbons (Fsp3) is 0.227. The van der Waals surface area contributed by atoms with Gasteiger partial charge in [0.1, 0.15) is 5.82 Å². The highest BCUT2D eigenvalue weighted by Crippen LogP contribution is 2.17. The Bertz CT molecular complexity index is 891. The number of benzene rings is 1. The molecule has 2 aromatic heterocycles. The first-order valence-corrected chi connectivity index (χ1v) is 9.46. The normalized spacial score (nSPS) is 14.6. The van der Waals surface area contributed by atoms with E-state index in [2.05, 4.69) is 55.4 Å². The third-order valence-electron chi connectivity index (χ3n) is 4.87. The summed E-state index contributed by atoms with van der Waals surface area (Å²) in [5, 5.41) is 2.85. The maximum atomic E-state index is 12.2. The van der Waals surface area contributed by atoms with Crippen LogP contribution in [0, 0.1) is 0 Å². The summed E-state index contributed by atoms with van der Waals surface area (Å²) in [6.07, 6.45) is 4.90. The highest BCUT2D eigenvalue weighted by atomic mass is 16.1. The van der Waals surface area contributed by atoms with E-state index in [1.807, 2.05) is 12.1 Å². The first-order chi connectivity index (χ1) is 13.8. The average molecular weight is 373 g/mol. The Kier molecular flexibility index (Phi) is 5.58. The second-order valence-electron chi connectivity index (χ2n) is 6.85. The van der Waals surface area contributed by atoms with Crippen LogP contribution < -0.4 is 10.2 Å². The molecule has 0 bridgehead atoms. The molecule has 1 aromatic carbocycles. The van der Waals surface area contributed by atoms with Crippen LogP contribution >= 0.6 is 0 Å². The van der Waals surface area contributed by atoms with Crippen LogP contribution in [-0.4, -0.2) is 47.0 Å². The Morgan fingerprint density at radius 2 is 1.75 bits per heavy atom. The molecule has 4 rings (SSSR count). The van der Waals surface area contributed by atoms with Gasteiger partial charge in [0.2, 0.25) is 0 Å². The van der Waals surface area contributed by atoms with E-state index < -0.39 is 0 Å². The Morgan fingerprint density at radius 3 is 2.43 bits per heavy atom. The van der Waals surface area contributed by atoms with E-state index >= 15 is 0 Å². The second-order valence-corrected chi connectivity index (χ2v) is 6.85. The standard InChI is InChI=1S/C22H23N5O/c28-22(19-7-4-10-23-15-19)25-20-8-9-21(24-16-20)27-13-11-26(12-14-27)17-18-5-2-1-3-6-18/h1-10,15-16H,11-14,17H2,(H,25,28). The number of aromatic nitrogens is 2. The van der Waals surface area contributed by atoms with Gasteiger partial charge in [-0.15, -0.1) is 0 Å². The van der Waals surface area contributed by atoms with E-state index in [0.717, 1.165) is 38.5 Å². The lowest BCUT2D eigenvalue weighted by Gasteiger charge is -2.35. The molecule has 1 aliphatic rings. The van der Waals surface area contributed by atoms with E-state index in [4.69, 9.17) is 0 Å². The minimum absolute atomic E-state index is 0.183. The number of carbonyl (C=O) groups excluding carboxylic acids is 1. The number of pyridine rings is 2. The summed E-state index contributed by atoms with van der Waals surface area (Å²) in [5.41, 5.74) is 2.56. The van der Waals surface area contributed by atoms with Gasteiger partial charge in [0.25, 0.3) is 5.91 Å². The maximum absolute atomic E-state index is 12.2. The Balaban J connectivity index is 1.30. The highest BCUT2D eigenvalue weighted by molar-refractivity contribution is 6.03. The third-order valence-corrected chi connectivity index (χ3v) is 4.87. The topological polar surface area (TPSA) is 61.4 Å². The molecule has 142 valence electrons. The van der Waals surface area contributed by atoms with Crippen LogP contribution in [0.5, 0.6) is 0 Å². The molecule has 1 saturated heterocycles. The van der Waals surface area contributed by atoms with Crippen molar-refractivity contribution in [2.24, 2.45) is 0 Å². The number of hydrogen-bond acceptors (Lipinski definition) is 5. The Labute approximate surface area is 164 Å². The van der Waals surface area contributed by atoms with Gasteiger partial charge < -0.3 is 10.2 Å². The van der Waals surface area contributed by atoms with Gasteiger partial charge in [0, 0.05) is 45.1 Å². The van der Waals surface area contributed by atoms with Gasteiger partial charge in [-0.25, -0.2) is 4.98 Å². The number of nitrogens with one attached hydrogen (secondary N) is 1. The number of carbonyl (C=O) groups is 1. The molecule has 1 N–H and O–H groups in total. The predicted octanol–water partition coefficient (Wildman–Crippen LogP) is 3.05. The highest BCUT2D eigenvalue weighted by Gasteiger charge is 2.18. The van der Waals surface area contributed by atoms with Crippen molar-refractivity contribution < 1.29 is 4.79 Å². The van der Waals surface area contributed by atoms with Gasteiger partial charge in [-0.3, -0.25) is 14.7 Å². The molecule has 0 radical (unpaired) electrons. The van der Waals surface area contributed by atoms with E-state index in [1.165, 1.54) is 5.56 Å². The smallest absolute Gasteiger partial charge is 0.257 e. The first-order valence-electron chi connectivity index (χ1n) is 9.46. The molecule has 0 atom stereocenters. The molecule has 0 unspecified atom stereocenters. The van der Waals surface area contributed by atoms with Crippen LogP contribution in [0.1, 0.15) is 15.9 Å². The van der Waals surface area contributed by atoms with Gasteiger partial charge >= 0.3 is 0 Å². The molecule has 1 aliphatic heterocycles. The number of hydrogen-bond donors (Lipinski definition) is 1. The van der Waals surface area contributed by atoms with Gasteiger partial charge in [-0.1, -0.05) is 30.3 Å². The van der Waals surface area contributed by atoms with Crippen molar-refractivity contribution in [3.63, 3.8) is 0 Å². The maximum Gasteiger partial charge on any atom is 0.257 e. The minimum Gasteiger partial charge on any atom is -0.354 e. The zero-order chi connectivity index (χ0) is 19.2. The second kappa shape index (κ2) is 8.63. The zero-order valence-corrected chi connectivity index (χ0v) is 15.7. The molecule has 6 nitrogen and oxygen atoms in total. The number of piperazine rings is 1. The quantitative estimate of drug-likeness (QED) is 0.745. The summed E-state index contributed by atoms with van der Waals surface area (Å²) in [6.45, 7) is 4.90. The summed E-state index contributed by atoms with van der Waals surface area (Å²) in [6, 6.07) is 17.9. The minimum atomic E-state index is -0.183. The van der Waals surface area contributed by atoms with Crippen molar-refractivity contribution >= 4 is 17.4 Å². The molecule has 0 saturated carbocycles. The summed E-state index contributed by atoms with van der Waals surface area (Å²) in [4.78, 5) is 25.4. The van der Waals surface area contributed by atoms with Crippen LogP contribution in [0.4, 0.5) is 11.5 Å². The summed E-state index contributed by atoms with van der Waals surface area (Å²) >= 11 is 0. The molecule has 6 heteroatoms. The van der Waals surface area contributed by atoms with Crippen LogP contribution in [0.15, 0.2) is 73.2 Å². The lowest BCUT2D eigenvalue weighted by Crippen LogP contribution is -2.46. The first kappa shape index (κ1) is 18.1. The lowest BCUT2D eigenvalue weighted by atomic mass is 10.2. The van der Waals surface area contributed by atoms with Gasteiger partial charge in [-0.2, -0.15) is 0 Å². The fourth-order valence-corrected chi connectivity index (χ4v) is 3.32. The van der Waals surface area contributed by atoms with Crippen molar-refractivity contribution in [1.29, 1.82) is 0 Å². The average Bonchev–Trinajstić information content (AvgIpc) is 2.76. The fourth-order valence-electron chi connectivity index (χ4n) is 3.32. The molecule has 0 spiro atoms. The molecule has 1 amide bonds. The molecule has 1 fully saturated rings. The van der Waals surface area contributed by atoms with Crippen LogP contribution in [0.2, 0.25) is 0 Å². The van der Waals surface area contributed by atoms with E-state index in [0.29, 0.717) is 11.3 Å². The van der Waals surface area contributed by atoms with Gasteiger partial charge in [0.05, 0.1) is 17.4 Å². The van der Waals surface area contributed by atoms with Crippen LogP contribution in [-0.2, 0) is 6.54 Å². The lowest BCUT2D eigenvalue weighted by molar-refractivity contribution is 0.102. The predicted molar refractivity (Wildman–Crippen MR) is 110 cm³/mol. The van der Waals surface area contributed by atoms with Gasteiger partial charge in [-0.05, 0) is 29.8 Å². The van der Waals surface area contributed by atoms with Crippen molar-refractivity contribution in [3.8, 4) is 0 Å². The van der Waals surface area contributed by atoms with Crippen molar-refractivity contribution in [1.82, 2.24) is 14.9 Å². The Morgan fingerprint density at radius 1 is 0.929 bits per heavy atom. The summed E-state index contributed by atoms with van der Waals surface area (Å²) < 4.78 is 0. The van der Waals surface area contributed by atoms with Crippen molar-refractivity contribution in [2.45, 2.75) is 6.54 Å². The van der Waals surface area contributed by atoms with Crippen LogP contribution in [0.25, 0.3) is 0 Å². The van der Waals surface area contributed by atoms with Crippen LogP contribution in [0.3, 0.4) is 0 Å². The largest absolute Gasteiger partial charge is 0.354 e. The number of anilines is 2. The SMILES string of the molecule is O=C(Nc1ccc(N2CCN(Cc3ccccc3)CC2)nc1)c1cccnc1.